The zero-order valence-corrected chi connectivity index (χ0v) is 29.3. The van der Waals surface area contributed by atoms with Crippen molar-refractivity contribution in [2.75, 3.05) is 0 Å². The van der Waals surface area contributed by atoms with Gasteiger partial charge in [-0.2, -0.15) is 18.4 Å². The molecule has 0 amide bonds. The van der Waals surface area contributed by atoms with Gasteiger partial charge in [-0.25, -0.2) is 0 Å². The minimum atomic E-state index is -4.55. The Morgan fingerprint density at radius 1 is 0.509 bits per heavy atom. The average molecular weight is 696 g/mol. The second kappa shape index (κ2) is 12.0. The van der Waals surface area contributed by atoms with E-state index in [9.17, 15) is 18.4 Å². The molecule has 0 aliphatic carbocycles. The van der Waals surface area contributed by atoms with Crippen molar-refractivity contribution >= 4 is 43.6 Å². The molecule has 0 N–H and O–H groups in total. The Morgan fingerprint density at radius 3 is 1.70 bits per heavy atom. The molecule has 2 heterocycles. The first-order valence-corrected chi connectivity index (χ1v) is 17.5. The highest BCUT2D eigenvalue weighted by atomic mass is 19.4. The van der Waals surface area contributed by atoms with Crippen LogP contribution in [0.4, 0.5) is 13.2 Å². The quantitative estimate of drug-likeness (QED) is 0.180. The van der Waals surface area contributed by atoms with Crippen LogP contribution in [0.5, 0.6) is 0 Å². The summed E-state index contributed by atoms with van der Waals surface area (Å²) in [6.45, 7) is 5.86. The number of hydrogen-bond acceptors (Lipinski definition) is 1. The zero-order valence-electron chi connectivity index (χ0n) is 29.3. The zero-order chi connectivity index (χ0) is 36.6. The van der Waals surface area contributed by atoms with Crippen molar-refractivity contribution in [3.63, 3.8) is 0 Å². The van der Waals surface area contributed by atoms with Gasteiger partial charge in [-0.05, 0) is 104 Å². The molecule has 7 aromatic carbocycles. The van der Waals surface area contributed by atoms with Crippen molar-refractivity contribution < 1.29 is 13.2 Å². The van der Waals surface area contributed by atoms with Gasteiger partial charge in [0.1, 0.15) is 0 Å². The number of hydrogen-bond donors (Lipinski definition) is 0. The number of alkyl halides is 3. The van der Waals surface area contributed by atoms with Gasteiger partial charge in [0, 0.05) is 32.7 Å². The van der Waals surface area contributed by atoms with Gasteiger partial charge in [-0.1, -0.05) is 83.9 Å². The predicted molar refractivity (Wildman–Crippen MR) is 210 cm³/mol. The molecule has 3 nitrogen and oxygen atoms in total. The molecular formula is C47H32F3N3. The van der Waals surface area contributed by atoms with E-state index in [1.165, 1.54) is 6.07 Å². The fourth-order valence-corrected chi connectivity index (χ4v) is 8.10. The molecule has 0 radical (unpaired) electrons. The fraction of sp³-hybridized carbons (Fsp3) is 0.0851. The molecule has 0 aliphatic heterocycles. The second-order valence-corrected chi connectivity index (χ2v) is 13.8. The van der Waals surface area contributed by atoms with Gasteiger partial charge in [0.25, 0.3) is 0 Å². The first-order chi connectivity index (χ1) is 25.6. The highest BCUT2D eigenvalue weighted by Gasteiger charge is 2.34. The SMILES string of the molecule is Cc1ccc2c(c1)c1ccccc1n2-c1ccc(-c2c(C)cccc2C(F)(F)F)cc1-c1ccc(C#N)cc1-n1c2ccccc2c2cc(C)ccc21. The van der Waals surface area contributed by atoms with E-state index in [0.29, 0.717) is 16.7 Å². The molecular weight excluding hydrogens is 664 g/mol. The van der Waals surface area contributed by atoms with E-state index in [1.807, 2.05) is 48.5 Å². The standard InChI is InChI=1S/C47H32F3N3/c1-28-15-20-42-36(23-28)33-10-4-6-13-40(33)52(42)44-22-18-32(46-30(3)9-8-12-39(46)47(48,49)50)26-38(44)35-19-17-31(27-51)25-45(35)53-41-14-7-5-11-34(41)37-24-29(2)16-21-43(37)53/h4-26H,1-3H3. The maximum absolute atomic E-state index is 14.6. The van der Waals surface area contributed by atoms with Crippen molar-refractivity contribution in [2.45, 2.75) is 26.9 Å². The Hall–Kier alpha value is -6.58. The highest BCUT2D eigenvalue weighted by Crippen LogP contribution is 2.45. The summed E-state index contributed by atoms with van der Waals surface area (Å²) >= 11 is 0. The lowest BCUT2D eigenvalue weighted by Crippen LogP contribution is -2.08. The molecule has 0 saturated carbocycles. The summed E-state index contributed by atoms with van der Waals surface area (Å²) in [5, 5.41) is 14.5. The molecule has 0 aliphatic rings. The number of para-hydroxylation sites is 2. The van der Waals surface area contributed by atoms with Crippen molar-refractivity contribution in [2.24, 2.45) is 0 Å². The summed E-state index contributed by atoms with van der Waals surface area (Å²) in [6.07, 6.45) is -4.55. The van der Waals surface area contributed by atoms with Gasteiger partial charge >= 0.3 is 6.18 Å². The van der Waals surface area contributed by atoms with Crippen molar-refractivity contribution in [1.29, 1.82) is 5.26 Å². The van der Waals surface area contributed by atoms with Gasteiger partial charge in [-0.3, -0.25) is 0 Å². The van der Waals surface area contributed by atoms with Crippen LogP contribution in [0, 0.1) is 32.1 Å². The Kier molecular flexibility index (Phi) is 7.32. The van der Waals surface area contributed by atoms with Crippen LogP contribution >= 0.6 is 0 Å². The van der Waals surface area contributed by atoms with E-state index < -0.39 is 11.7 Å². The topological polar surface area (TPSA) is 33.6 Å². The van der Waals surface area contributed by atoms with Crippen LogP contribution < -0.4 is 0 Å². The molecule has 0 bridgehead atoms. The third kappa shape index (κ3) is 5.11. The minimum Gasteiger partial charge on any atom is -0.309 e. The van der Waals surface area contributed by atoms with Crippen LogP contribution in [0.1, 0.15) is 27.8 Å². The number of fused-ring (bicyclic) bond motifs is 6. The summed E-state index contributed by atoms with van der Waals surface area (Å²) in [6, 6.07) is 47.1. The summed E-state index contributed by atoms with van der Waals surface area (Å²) < 4.78 is 48.3. The van der Waals surface area contributed by atoms with Gasteiger partial charge in [0.05, 0.1) is 50.6 Å². The van der Waals surface area contributed by atoms with Gasteiger partial charge in [0.15, 0.2) is 0 Å². The lowest BCUT2D eigenvalue weighted by molar-refractivity contribution is -0.137. The maximum Gasteiger partial charge on any atom is 0.417 e. The molecule has 9 rings (SSSR count). The largest absolute Gasteiger partial charge is 0.417 e. The van der Waals surface area contributed by atoms with Crippen LogP contribution in [-0.4, -0.2) is 9.13 Å². The normalized spacial score (nSPS) is 11.9. The second-order valence-electron chi connectivity index (χ2n) is 13.8. The van der Waals surface area contributed by atoms with Crippen molar-refractivity contribution in [3.05, 3.63) is 167 Å². The Labute approximate surface area is 304 Å². The third-order valence-electron chi connectivity index (χ3n) is 10.4. The molecule has 53 heavy (non-hydrogen) atoms. The Morgan fingerprint density at radius 2 is 1.09 bits per heavy atom. The summed E-state index contributed by atoms with van der Waals surface area (Å²) in [7, 11) is 0. The molecule has 0 spiro atoms. The molecule has 2 aromatic heterocycles. The maximum atomic E-state index is 14.6. The molecule has 0 atom stereocenters. The monoisotopic (exact) mass is 695 g/mol. The number of benzene rings is 7. The van der Waals surface area contributed by atoms with Gasteiger partial charge in [-0.15, -0.1) is 0 Å². The minimum absolute atomic E-state index is 0.146. The van der Waals surface area contributed by atoms with Crippen LogP contribution in [0.3, 0.4) is 0 Å². The molecule has 0 unspecified atom stereocenters. The summed E-state index contributed by atoms with van der Waals surface area (Å²) in [5.74, 6) is 0. The van der Waals surface area contributed by atoms with E-state index in [4.69, 9.17) is 0 Å². The molecule has 0 fully saturated rings. The van der Waals surface area contributed by atoms with E-state index in [0.717, 1.165) is 83.3 Å². The lowest BCUT2D eigenvalue weighted by Gasteiger charge is -2.21. The third-order valence-corrected chi connectivity index (χ3v) is 10.4. The number of aromatic nitrogens is 2. The number of aryl methyl sites for hydroxylation is 3. The summed E-state index contributed by atoms with van der Waals surface area (Å²) in [4.78, 5) is 0. The first kappa shape index (κ1) is 32.3. The summed E-state index contributed by atoms with van der Waals surface area (Å²) in [5.41, 5.74) is 10.2. The Balaban J connectivity index is 1.44. The average Bonchev–Trinajstić information content (AvgIpc) is 3.66. The first-order valence-electron chi connectivity index (χ1n) is 17.5. The number of halogens is 3. The number of nitriles is 1. The highest BCUT2D eigenvalue weighted by molar-refractivity contribution is 6.12. The number of rotatable bonds is 4. The van der Waals surface area contributed by atoms with E-state index in [1.54, 1.807) is 25.1 Å². The van der Waals surface area contributed by atoms with E-state index in [-0.39, 0.29) is 5.56 Å². The lowest BCUT2D eigenvalue weighted by atomic mass is 9.90. The van der Waals surface area contributed by atoms with Crippen LogP contribution in [-0.2, 0) is 6.18 Å². The van der Waals surface area contributed by atoms with E-state index in [2.05, 4.69) is 89.7 Å². The van der Waals surface area contributed by atoms with Crippen molar-refractivity contribution in [3.8, 4) is 39.7 Å². The van der Waals surface area contributed by atoms with Gasteiger partial charge in [0.2, 0.25) is 0 Å². The number of nitrogens with zero attached hydrogens (tertiary/aromatic N) is 3. The molecule has 6 heteroatoms. The van der Waals surface area contributed by atoms with Crippen molar-refractivity contribution in [1.82, 2.24) is 9.13 Å². The Bertz CT molecular complexity index is 2990. The molecule has 9 aromatic rings. The van der Waals surface area contributed by atoms with Crippen LogP contribution in [0.25, 0.3) is 77.2 Å². The van der Waals surface area contributed by atoms with Crippen LogP contribution in [0.2, 0.25) is 0 Å². The fourth-order valence-electron chi connectivity index (χ4n) is 8.10. The van der Waals surface area contributed by atoms with Crippen LogP contribution in [0.15, 0.2) is 140 Å². The smallest absolute Gasteiger partial charge is 0.309 e. The molecule has 256 valence electrons. The van der Waals surface area contributed by atoms with E-state index >= 15 is 0 Å². The molecule has 0 saturated heterocycles. The predicted octanol–water partition coefficient (Wildman–Crippen LogP) is 13.0. The van der Waals surface area contributed by atoms with Gasteiger partial charge < -0.3 is 9.13 Å².